The van der Waals surface area contributed by atoms with Crippen LogP contribution in [-0.4, -0.2) is 35.1 Å². The molecule has 6 nitrogen and oxygen atoms in total. The summed E-state index contributed by atoms with van der Waals surface area (Å²) in [5, 5.41) is 3.42. The van der Waals surface area contributed by atoms with Gasteiger partial charge in [0.05, 0.1) is 32.4 Å². The number of rotatable bonds is 10. The molecule has 0 fully saturated rings. The van der Waals surface area contributed by atoms with Crippen molar-refractivity contribution >= 4 is 20.0 Å². The molecule has 0 radical (unpaired) electrons. The van der Waals surface area contributed by atoms with Crippen LogP contribution >= 0.6 is 0 Å². The van der Waals surface area contributed by atoms with Crippen molar-refractivity contribution in [2.75, 3.05) is 26.1 Å². The zero-order valence-electron chi connectivity index (χ0n) is 21.1. The first-order valence-corrected chi connectivity index (χ1v) is 14.0. The maximum atomic E-state index is 12.6. The van der Waals surface area contributed by atoms with Crippen molar-refractivity contribution in [2.24, 2.45) is 0 Å². The molecule has 0 aliphatic carbocycles. The van der Waals surface area contributed by atoms with Crippen molar-refractivity contribution in [3.63, 3.8) is 0 Å². The summed E-state index contributed by atoms with van der Waals surface area (Å²) in [4.78, 5) is 12.6. The van der Waals surface area contributed by atoms with Gasteiger partial charge in [-0.25, -0.2) is 4.79 Å². The number of methoxy groups -OCH3 is 2. The topological polar surface area (TPSA) is 66.0 Å². The third-order valence-electron chi connectivity index (χ3n) is 5.96. The van der Waals surface area contributed by atoms with Crippen LogP contribution in [0.3, 0.4) is 0 Å². The van der Waals surface area contributed by atoms with E-state index in [0.29, 0.717) is 22.8 Å². The van der Waals surface area contributed by atoms with Crippen LogP contribution in [-0.2, 0) is 9.53 Å². The Morgan fingerprint density at radius 3 is 2.33 bits per heavy atom. The molecule has 0 saturated carbocycles. The fourth-order valence-electron chi connectivity index (χ4n) is 2.97. The quantitative estimate of drug-likeness (QED) is 0.247. The molecule has 1 atom stereocenters. The molecule has 2 aromatic carbocycles. The van der Waals surface area contributed by atoms with Crippen LogP contribution in [0.4, 0.5) is 5.69 Å². The van der Waals surface area contributed by atoms with E-state index in [9.17, 15) is 4.79 Å². The van der Waals surface area contributed by atoms with Crippen LogP contribution in [0.2, 0.25) is 18.1 Å². The van der Waals surface area contributed by atoms with Crippen LogP contribution in [0.1, 0.15) is 39.3 Å². The average Bonchev–Trinajstić information content (AvgIpc) is 2.76. The molecule has 0 aliphatic rings. The molecule has 0 bridgehead atoms. The first-order chi connectivity index (χ1) is 15.4. The van der Waals surface area contributed by atoms with Crippen molar-refractivity contribution < 1.29 is 23.4 Å². The Hall–Kier alpha value is -2.93. The summed E-state index contributed by atoms with van der Waals surface area (Å²) in [6.07, 6.45) is 0. The second-order valence-corrected chi connectivity index (χ2v) is 14.1. The van der Waals surface area contributed by atoms with Gasteiger partial charge in [0, 0.05) is 11.8 Å². The Morgan fingerprint density at radius 2 is 1.76 bits per heavy atom. The van der Waals surface area contributed by atoms with Crippen molar-refractivity contribution in [2.45, 2.75) is 51.9 Å². The zero-order valence-corrected chi connectivity index (χ0v) is 22.1. The smallest absolute Gasteiger partial charge is 0.335 e. The monoisotopic (exact) mass is 471 g/mol. The fourth-order valence-corrected chi connectivity index (χ4v) is 3.99. The molecule has 0 spiro atoms. The maximum absolute atomic E-state index is 12.6. The minimum Gasteiger partial charge on any atom is -0.541 e. The van der Waals surface area contributed by atoms with Crippen LogP contribution in [0.25, 0.3) is 0 Å². The number of esters is 1. The lowest BCUT2D eigenvalue weighted by molar-refractivity contribution is -0.138. The summed E-state index contributed by atoms with van der Waals surface area (Å²) in [5.74, 6) is 1.54. The molecule has 0 heterocycles. The van der Waals surface area contributed by atoms with E-state index in [0.717, 1.165) is 11.3 Å². The lowest BCUT2D eigenvalue weighted by Crippen LogP contribution is -2.44. The van der Waals surface area contributed by atoms with Crippen molar-refractivity contribution in [3.05, 3.63) is 60.2 Å². The van der Waals surface area contributed by atoms with Gasteiger partial charge >= 0.3 is 5.97 Å². The molecule has 0 aliphatic heterocycles. The van der Waals surface area contributed by atoms with E-state index >= 15 is 0 Å². The molecule has 180 valence electrons. The van der Waals surface area contributed by atoms with E-state index in [4.69, 9.17) is 18.6 Å². The summed E-state index contributed by atoms with van der Waals surface area (Å²) >= 11 is 0. The van der Waals surface area contributed by atoms with E-state index in [-0.39, 0.29) is 11.6 Å². The molecule has 2 aromatic rings. The van der Waals surface area contributed by atoms with Gasteiger partial charge < -0.3 is 24.0 Å². The molecule has 0 unspecified atom stereocenters. The van der Waals surface area contributed by atoms with Crippen LogP contribution in [0, 0.1) is 0 Å². The van der Waals surface area contributed by atoms with E-state index in [1.807, 2.05) is 42.5 Å². The summed E-state index contributed by atoms with van der Waals surface area (Å²) < 4.78 is 22.7. The number of ether oxygens (including phenoxy) is 3. The number of benzene rings is 2. The summed E-state index contributed by atoms with van der Waals surface area (Å²) in [6, 6.07) is 12.7. The molecule has 33 heavy (non-hydrogen) atoms. The van der Waals surface area contributed by atoms with Gasteiger partial charge in [0.2, 0.25) is 0 Å². The molecule has 0 aromatic heterocycles. The first kappa shape index (κ1) is 26.3. The Labute approximate surface area is 199 Å². The van der Waals surface area contributed by atoms with E-state index in [2.05, 4.69) is 45.8 Å². The third kappa shape index (κ3) is 6.54. The average molecular weight is 472 g/mol. The lowest BCUT2D eigenvalue weighted by atomic mass is 9.98. The molecular formula is C26H37NO5Si. The number of hydrogen-bond acceptors (Lipinski definition) is 6. The second kappa shape index (κ2) is 10.8. The number of anilines is 1. The Bertz CT molecular complexity index is 981. The standard InChI is InChI=1S/C26H37NO5Si/c1-10-31-25(28)18(2)24(27-20-12-11-13-21(17-20)29-6)19-14-15-22(30-7)23(16-19)32-33(8,9)26(3,4)5/h11-17,24,27H,2,10H2,1,3-9H3/t24-/m1/s1. The van der Waals surface area contributed by atoms with Gasteiger partial charge in [-0.15, -0.1) is 0 Å². The number of nitrogens with one attached hydrogen (secondary N) is 1. The summed E-state index contributed by atoms with van der Waals surface area (Å²) in [6.45, 7) is 17.0. The fraction of sp³-hybridized carbons (Fsp3) is 0.423. The van der Waals surface area contributed by atoms with Gasteiger partial charge in [-0.05, 0) is 54.9 Å². The minimum absolute atomic E-state index is 0.0147. The normalized spacial score (nSPS) is 12.5. The third-order valence-corrected chi connectivity index (χ3v) is 10.3. The zero-order chi connectivity index (χ0) is 24.8. The van der Waals surface area contributed by atoms with Gasteiger partial charge in [-0.2, -0.15) is 0 Å². The second-order valence-electron chi connectivity index (χ2n) is 9.33. The molecule has 7 heteroatoms. The van der Waals surface area contributed by atoms with Gasteiger partial charge in [0.1, 0.15) is 11.5 Å². The van der Waals surface area contributed by atoms with Crippen LogP contribution in [0.5, 0.6) is 17.2 Å². The first-order valence-electron chi connectivity index (χ1n) is 11.1. The highest BCUT2D eigenvalue weighted by molar-refractivity contribution is 6.74. The number of carbonyl (C=O) groups excluding carboxylic acids is 1. The number of carbonyl (C=O) groups is 1. The van der Waals surface area contributed by atoms with Crippen LogP contribution < -0.4 is 19.2 Å². The van der Waals surface area contributed by atoms with Gasteiger partial charge in [0.25, 0.3) is 8.32 Å². The highest BCUT2D eigenvalue weighted by atomic mass is 28.4. The predicted molar refractivity (Wildman–Crippen MR) is 136 cm³/mol. The Balaban J connectivity index is 2.53. The van der Waals surface area contributed by atoms with Crippen LogP contribution in [0.15, 0.2) is 54.6 Å². The molecule has 0 saturated heterocycles. The highest BCUT2D eigenvalue weighted by Gasteiger charge is 2.39. The Kier molecular flexibility index (Phi) is 8.61. The van der Waals surface area contributed by atoms with E-state index in [1.165, 1.54) is 0 Å². The molecular weight excluding hydrogens is 434 g/mol. The Morgan fingerprint density at radius 1 is 1.06 bits per heavy atom. The maximum Gasteiger partial charge on any atom is 0.335 e. The van der Waals surface area contributed by atoms with Gasteiger partial charge in [-0.1, -0.05) is 39.5 Å². The molecule has 0 amide bonds. The van der Waals surface area contributed by atoms with E-state index < -0.39 is 20.3 Å². The summed E-state index contributed by atoms with van der Waals surface area (Å²) in [5.41, 5.74) is 1.89. The predicted octanol–water partition coefficient (Wildman–Crippen LogP) is 6.36. The van der Waals surface area contributed by atoms with Gasteiger partial charge in [-0.3, -0.25) is 0 Å². The highest BCUT2D eigenvalue weighted by Crippen LogP contribution is 2.41. The van der Waals surface area contributed by atoms with Crippen molar-refractivity contribution in [1.82, 2.24) is 0 Å². The summed E-state index contributed by atoms with van der Waals surface area (Å²) in [7, 11) is 1.10. The molecule has 1 N–H and O–H groups in total. The lowest BCUT2D eigenvalue weighted by Gasteiger charge is -2.37. The minimum atomic E-state index is -2.13. The number of hydrogen-bond donors (Lipinski definition) is 1. The van der Waals surface area contributed by atoms with Crippen molar-refractivity contribution in [3.8, 4) is 17.2 Å². The van der Waals surface area contributed by atoms with E-state index in [1.54, 1.807) is 21.1 Å². The van der Waals surface area contributed by atoms with Crippen molar-refractivity contribution in [1.29, 1.82) is 0 Å². The van der Waals surface area contributed by atoms with Gasteiger partial charge in [0.15, 0.2) is 5.75 Å². The molecule has 2 rings (SSSR count). The SMILES string of the molecule is C=C(C(=O)OCC)[C@@H](Nc1cccc(OC)c1)c1ccc(OC)c(O[Si](C)(C)C(C)(C)C)c1. The largest absolute Gasteiger partial charge is 0.541 e.